The Bertz CT molecular complexity index is 404. The van der Waals surface area contributed by atoms with E-state index in [1.165, 1.54) is 6.07 Å². The zero-order chi connectivity index (χ0) is 12.8. The molecule has 0 fully saturated rings. The van der Waals surface area contributed by atoms with Crippen molar-refractivity contribution in [3.8, 4) is 11.5 Å². The third kappa shape index (κ3) is 3.34. The highest BCUT2D eigenvalue weighted by Crippen LogP contribution is 2.36. The minimum absolute atomic E-state index is 0.128. The largest absolute Gasteiger partial charge is 0.504 e. The minimum Gasteiger partial charge on any atom is -0.504 e. The highest BCUT2D eigenvalue weighted by atomic mass is 16.6. The molecule has 0 aliphatic rings. The van der Waals surface area contributed by atoms with E-state index in [0.717, 1.165) is 31.7 Å². The molecular formula is C12H17NO4. The first-order chi connectivity index (χ1) is 8.07. The van der Waals surface area contributed by atoms with Gasteiger partial charge in [-0.1, -0.05) is 26.2 Å². The zero-order valence-electron chi connectivity index (χ0n) is 9.85. The lowest BCUT2D eigenvalue weighted by molar-refractivity contribution is -0.385. The Balaban J connectivity index is 2.86. The van der Waals surface area contributed by atoms with Crippen LogP contribution in [0.2, 0.25) is 0 Å². The maximum Gasteiger partial charge on any atom is 0.276 e. The number of unbranched alkanes of at least 4 members (excludes halogenated alkanes) is 3. The van der Waals surface area contributed by atoms with E-state index in [2.05, 4.69) is 6.92 Å². The van der Waals surface area contributed by atoms with Gasteiger partial charge in [-0.3, -0.25) is 10.1 Å². The van der Waals surface area contributed by atoms with Crippen molar-refractivity contribution in [2.45, 2.75) is 39.0 Å². The van der Waals surface area contributed by atoms with Gasteiger partial charge in [-0.2, -0.15) is 0 Å². The van der Waals surface area contributed by atoms with Crippen LogP contribution in [0, 0.1) is 10.1 Å². The van der Waals surface area contributed by atoms with Crippen LogP contribution >= 0.6 is 0 Å². The number of hydrogen-bond acceptors (Lipinski definition) is 4. The Hall–Kier alpha value is -1.78. The van der Waals surface area contributed by atoms with Crippen LogP contribution in [0.25, 0.3) is 0 Å². The summed E-state index contributed by atoms with van der Waals surface area (Å²) in [4.78, 5) is 10.3. The van der Waals surface area contributed by atoms with E-state index < -0.39 is 4.92 Å². The fraction of sp³-hybridized carbons (Fsp3) is 0.500. The first-order valence-electron chi connectivity index (χ1n) is 5.76. The highest BCUT2D eigenvalue weighted by Gasteiger charge is 2.19. The molecule has 0 aliphatic carbocycles. The molecule has 0 atom stereocenters. The van der Waals surface area contributed by atoms with Gasteiger partial charge in [0.15, 0.2) is 11.5 Å². The number of phenols is 2. The number of nitrogens with zero attached hydrogens (tertiary/aromatic N) is 1. The molecule has 1 aromatic rings. The molecule has 2 N–H and O–H groups in total. The van der Waals surface area contributed by atoms with Crippen molar-refractivity contribution in [2.24, 2.45) is 0 Å². The predicted octanol–water partition coefficient (Wildman–Crippen LogP) is 3.13. The van der Waals surface area contributed by atoms with Crippen LogP contribution < -0.4 is 0 Å². The third-order valence-corrected chi connectivity index (χ3v) is 2.71. The van der Waals surface area contributed by atoms with Gasteiger partial charge in [-0.05, 0) is 18.9 Å². The molecule has 17 heavy (non-hydrogen) atoms. The quantitative estimate of drug-likeness (QED) is 0.346. The highest BCUT2D eigenvalue weighted by molar-refractivity contribution is 5.55. The summed E-state index contributed by atoms with van der Waals surface area (Å²) in [5.74, 6) is -0.670. The summed E-state index contributed by atoms with van der Waals surface area (Å²) in [5, 5.41) is 29.8. The number of hydrogen-bond donors (Lipinski definition) is 2. The van der Waals surface area contributed by atoms with Crippen molar-refractivity contribution >= 4 is 5.69 Å². The second kappa shape index (κ2) is 6.08. The van der Waals surface area contributed by atoms with Crippen molar-refractivity contribution in [1.29, 1.82) is 0 Å². The summed E-state index contributed by atoms with van der Waals surface area (Å²) < 4.78 is 0. The summed E-state index contributed by atoms with van der Waals surface area (Å²) in [5.41, 5.74) is 0.0999. The first kappa shape index (κ1) is 13.3. The number of nitro benzene ring substituents is 1. The third-order valence-electron chi connectivity index (χ3n) is 2.71. The maximum absolute atomic E-state index is 10.8. The molecule has 5 nitrogen and oxygen atoms in total. The number of phenolic OH excluding ortho intramolecular Hbond substituents is 2. The van der Waals surface area contributed by atoms with E-state index in [1.807, 2.05) is 0 Å². The van der Waals surface area contributed by atoms with E-state index in [9.17, 15) is 20.3 Å². The van der Waals surface area contributed by atoms with Crippen LogP contribution in [0.4, 0.5) is 5.69 Å². The van der Waals surface area contributed by atoms with Crippen LogP contribution in [-0.4, -0.2) is 15.1 Å². The zero-order valence-corrected chi connectivity index (χ0v) is 9.85. The molecule has 0 amide bonds. The standard InChI is InChI=1S/C12H17NO4/c1-2-3-4-5-6-9-10(13(16)17)7-8-11(14)12(9)15/h7-8,14-15H,2-6H2,1H3. The average molecular weight is 239 g/mol. The van der Waals surface area contributed by atoms with Crippen molar-refractivity contribution in [2.75, 3.05) is 0 Å². The molecule has 0 saturated carbocycles. The van der Waals surface area contributed by atoms with Gasteiger partial charge in [0.1, 0.15) is 0 Å². The molecule has 0 bridgehead atoms. The Kier molecular flexibility index (Phi) is 4.75. The van der Waals surface area contributed by atoms with E-state index in [-0.39, 0.29) is 22.7 Å². The Morgan fingerprint density at radius 3 is 2.53 bits per heavy atom. The molecule has 0 spiro atoms. The number of rotatable bonds is 6. The van der Waals surface area contributed by atoms with Gasteiger partial charge in [-0.15, -0.1) is 0 Å². The Morgan fingerprint density at radius 1 is 1.24 bits per heavy atom. The van der Waals surface area contributed by atoms with Gasteiger partial charge in [0.2, 0.25) is 0 Å². The molecule has 5 heteroatoms. The summed E-state index contributed by atoms with van der Waals surface area (Å²) in [7, 11) is 0. The van der Waals surface area contributed by atoms with Crippen molar-refractivity contribution in [1.82, 2.24) is 0 Å². The van der Waals surface area contributed by atoms with Gasteiger partial charge in [0.25, 0.3) is 5.69 Å². The molecule has 0 unspecified atom stereocenters. The molecule has 1 rings (SSSR count). The van der Waals surface area contributed by atoms with Crippen LogP contribution in [0.5, 0.6) is 11.5 Å². The van der Waals surface area contributed by atoms with Gasteiger partial charge in [0.05, 0.1) is 10.5 Å². The van der Waals surface area contributed by atoms with Gasteiger partial charge in [-0.25, -0.2) is 0 Å². The SMILES string of the molecule is CCCCCCc1c([N+](=O)[O-])ccc(O)c1O. The lowest BCUT2D eigenvalue weighted by atomic mass is 10.0. The summed E-state index contributed by atoms with van der Waals surface area (Å²) in [6, 6.07) is 2.37. The topological polar surface area (TPSA) is 83.6 Å². The van der Waals surface area contributed by atoms with Crippen molar-refractivity contribution in [3.05, 3.63) is 27.8 Å². The molecule has 0 aliphatic heterocycles. The molecule has 0 saturated heterocycles. The van der Waals surface area contributed by atoms with Crippen LogP contribution in [0.3, 0.4) is 0 Å². The molecule has 0 aromatic heterocycles. The minimum atomic E-state index is -0.533. The summed E-state index contributed by atoms with van der Waals surface area (Å²) in [6.45, 7) is 2.08. The Labute approximate surface area is 99.9 Å². The lowest BCUT2D eigenvalue weighted by Gasteiger charge is -2.06. The monoisotopic (exact) mass is 239 g/mol. The maximum atomic E-state index is 10.8. The van der Waals surface area contributed by atoms with Crippen molar-refractivity contribution in [3.63, 3.8) is 0 Å². The van der Waals surface area contributed by atoms with E-state index in [4.69, 9.17) is 0 Å². The lowest BCUT2D eigenvalue weighted by Crippen LogP contribution is -1.96. The van der Waals surface area contributed by atoms with Crippen LogP contribution in [-0.2, 0) is 6.42 Å². The summed E-state index contributed by atoms with van der Waals surface area (Å²) >= 11 is 0. The van der Waals surface area contributed by atoms with E-state index in [0.29, 0.717) is 6.42 Å². The number of aromatic hydroxyl groups is 2. The Morgan fingerprint density at radius 2 is 1.94 bits per heavy atom. The van der Waals surface area contributed by atoms with Crippen molar-refractivity contribution < 1.29 is 15.1 Å². The van der Waals surface area contributed by atoms with Gasteiger partial charge >= 0.3 is 0 Å². The average Bonchev–Trinajstić information content (AvgIpc) is 2.29. The number of benzene rings is 1. The first-order valence-corrected chi connectivity index (χ1v) is 5.76. The fourth-order valence-electron chi connectivity index (χ4n) is 1.76. The smallest absolute Gasteiger partial charge is 0.276 e. The number of nitro groups is 1. The van der Waals surface area contributed by atoms with Crippen LogP contribution in [0.15, 0.2) is 12.1 Å². The van der Waals surface area contributed by atoms with Gasteiger partial charge in [0, 0.05) is 6.07 Å². The molecule has 0 heterocycles. The molecular weight excluding hydrogens is 222 g/mol. The van der Waals surface area contributed by atoms with E-state index >= 15 is 0 Å². The molecule has 1 aromatic carbocycles. The second-order valence-electron chi connectivity index (χ2n) is 4.00. The van der Waals surface area contributed by atoms with Crippen LogP contribution in [0.1, 0.15) is 38.2 Å². The van der Waals surface area contributed by atoms with E-state index in [1.54, 1.807) is 0 Å². The van der Waals surface area contributed by atoms with Gasteiger partial charge < -0.3 is 10.2 Å². The fourth-order valence-corrected chi connectivity index (χ4v) is 1.76. The second-order valence-corrected chi connectivity index (χ2v) is 4.00. The normalized spacial score (nSPS) is 10.4. The molecule has 0 radical (unpaired) electrons. The summed E-state index contributed by atoms with van der Waals surface area (Å²) in [6.07, 6.45) is 4.28. The molecule has 94 valence electrons. The predicted molar refractivity (Wildman–Crippen MR) is 64.3 cm³/mol.